The predicted molar refractivity (Wildman–Crippen MR) is 76.0 cm³/mol. The summed E-state index contributed by atoms with van der Waals surface area (Å²) in [6.07, 6.45) is 0.387. The molecule has 0 saturated carbocycles. The molecule has 0 aliphatic rings. The van der Waals surface area contributed by atoms with E-state index in [9.17, 15) is 9.59 Å². The Balaban J connectivity index is 2.86. The minimum absolute atomic E-state index is 0.179. The van der Waals surface area contributed by atoms with Crippen LogP contribution in [0.5, 0.6) is 5.75 Å². The van der Waals surface area contributed by atoms with Crippen LogP contribution in [0.25, 0.3) is 0 Å². The zero-order chi connectivity index (χ0) is 15.1. The first kappa shape index (κ1) is 16.0. The highest BCUT2D eigenvalue weighted by Crippen LogP contribution is 2.18. The van der Waals surface area contributed by atoms with E-state index in [1.165, 1.54) is 0 Å². The summed E-state index contributed by atoms with van der Waals surface area (Å²) in [6, 6.07) is 5.91. The molecule has 0 aliphatic heterocycles. The molecule has 1 aromatic carbocycles. The van der Waals surface area contributed by atoms with Gasteiger partial charge in [-0.05, 0) is 31.4 Å². The molecule has 20 heavy (non-hydrogen) atoms. The molecule has 1 rings (SSSR count). The largest absolute Gasteiger partial charge is 0.493 e. The molecule has 0 bridgehead atoms. The number of nitrogens with one attached hydrogen (secondary N) is 1. The highest BCUT2D eigenvalue weighted by Gasteiger charge is 2.23. The van der Waals surface area contributed by atoms with Crippen molar-refractivity contribution in [3.63, 3.8) is 0 Å². The average molecular weight is 279 g/mol. The number of benzene rings is 1. The zero-order valence-electron chi connectivity index (χ0n) is 12.1. The Hall–Kier alpha value is -2.04. The van der Waals surface area contributed by atoms with Crippen molar-refractivity contribution >= 4 is 11.9 Å². The van der Waals surface area contributed by atoms with Crippen molar-refractivity contribution in [3.05, 3.63) is 29.8 Å². The number of carboxylic acids is 1. The molecule has 0 aromatic heterocycles. The number of carboxylic acid groups (broad SMARTS) is 1. The molecule has 1 amide bonds. The van der Waals surface area contributed by atoms with Gasteiger partial charge in [-0.15, -0.1) is 0 Å². The Bertz CT molecular complexity index is 471. The van der Waals surface area contributed by atoms with Crippen molar-refractivity contribution in [1.29, 1.82) is 0 Å². The van der Waals surface area contributed by atoms with E-state index >= 15 is 0 Å². The average Bonchev–Trinajstić information content (AvgIpc) is 2.38. The van der Waals surface area contributed by atoms with Gasteiger partial charge in [-0.2, -0.15) is 0 Å². The van der Waals surface area contributed by atoms with Gasteiger partial charge in [0.2, 0.25) is 0 Å². The fourth-order valence-electron chi connectivity index (χ4n) is 1.86. The van der Waals surface area contributed by atoms with E-state index in [-0.39, 0.29) is 5.92 Å². The first-order valence-corrected chi connectivity index (χ1v) is 6.71. The number of carbonyl (C=O) groups excluding carboxylic acids is 1. The van der Waals surface area contributed by atoms with E-state index in [0.717, 1.165) is 0 Å². The SMILES string of the molecule is CCOc1ccccc1C(=O)N[C@H](CC(C)C)C(=O)O. The number of hydrogen-bond acceptors (Lipinski definition) is 3. The number of aliphatic carboxylic acids is 1. The van der Waals surface area contributed by atoms with E-state index in [2.05, 4.69) is 5.32 Å². The fourth-order valence-corrected chi connectivity index (χ4v) is 1.86. The minimum atomic E-state index is -1.03. The van der Waals surface area contributed by atoms with E-state index in [1.807, 2.05) is 20.8 Å². The van der Waals surface area contributed by atoms with Gasteiger partial charge in [0, 0.05) is 0 Å². The Kier molecular flexibility index (Phi) is 6.03. The number of carbonyl (C=O) groups is 2. The van der Waals surface area contributed by atoms with Gasteiger partial charge in [0.15, 0.2) is 0 Å². The van der Waals surface area contributed by atoms with E-state index in [0.29, 0.717) is 24.3 Å². The van der Waals surface area contributed by atoms with Crippen LogP contribution in [0.4, 0.5) is 0 Å². The smallest absolute Gasteiger partial charge is 0.326 e. The Morgan fingerprint density at radius 2 is 1.95 bits per heavy atom. The molecule has 0 heterocycles. The molecule has 0 radical (unpaired) electrons. The van der Waals surface area contributed by atoms with Crippen LogP contribution in [-0.4, -0.2) is 29.6 Å². The monoisotopic (exact) mass is 279 g/mol. The molecule has 110 valence electrons. The zero-order valence-corrected chi connectivity index (χ0v) is 12.1. The van der Waals surface area contributed by atoms with Gasteiger partial charge in [0.1, 0.15) is 11.8 Å². The summed E-state index contributed by atoms with van der Waals surface area (Å²) in [5.74, 6) is -0.817. The molecule has 0 unspecified atom stereocenters. The number of rotatable bonds is 7. The van der Waals surface area contributed by atoms with Crippen LogP contribution in [0.15, 0.2) is 24.3 Å². The Labute approximate surface area is 118 Å². The van der Waals surface area contributed by atoms with Gasteiger partial charge in [-0.1, -0.05) is 26.0 Å². The number of para-hydroxylation sites is 1. The highest BCUT2D eigenvalue weighted by atomic mass is 16.5. The first-order chi connectivity index (χ1) is 9.45. The lowest BCUT2D eigenvalue weighted by atomic mass is 10.0. The number of hydrogen-bond donors (Lipinski definition) is 2. The van der Waals surface area contributed by atoms with Crippen LogP contribution in [0.3, 0.4) is 0 Å². The molecule has 5 heteroatoms. The third-order valence-corrected chi connectivity index (χ3v) is 2.74. The molecule has 0 fully saturated rings. The number of amides is 1. The van der Waals surface area contributed by atoms with Gasteiger partial charge in [0.05, 0.1) is 12.2 Å². The molecule has 5 nitrogen and oxygen atoms in total. The van der Waals surface area contributed by atoms with Crippen molar-refractivity contribution in [2.75, 3.05) is 6.61 Å². The fraction of sp³-hybridized carbons (Fsp3) is 0.467. The van der Waals surface area contributed by atoms with Gasteiger partial charge in [0.25, 0.3) is 5.91 Å². The van der Waals surface area contributed by atoms with Crippen molar-refractivity contribution in [2.45, 2.75) is 33.2 Å². The molecule has 0 saturated heterocycles. The van der Waals surface area contributed by atoms with Crippen molar-refractivity contribution in [3.8, 4) is 5.75 Å². The van der Waals surface area contributed by atoms with Crippen molar-refractivity contribution < 1.29 is 19.4 Å². The predicted octanol–water partition coefficient (Wildman–Crippen LogP) is 2.31. The third-order valence-electron chi connectivity index (χ3n) is 2.74. The standard InChI is InChI=1S/C15H21NO4/c1-4-20-13-8-6-5-7-11(13)14(17)16-12(15(18)19)9-10(2)3/h5-8,10,12H,4,9H2,1-3H3,(H,16,17)(H,18,19)/t12-/m1/s1. The van der Waals surface area contributed by atoms with Crippen LogP contribution < -0.4 is 10.1 Å². The summed E-state index contributed by atoms with van der Waals surface area (Å²) in [6.45, 7) is 6.10. The van der Waals surface area contributed by atoms with Crippen LogP contribution in [0.2, 0.25) is 0 Å². The lowest BCUT2D eigenvalue weighted by Gasteiger charge is -2.17. The van der Waals surface area contributed by atoms with Crippen LogP contribution in [0, 0.1) is 5.92 Å². The Morgan fingerprint density at radius 1 is 1.30 bits per heavy atom. The summed E-state index contributed by atoms with van der Waals surface area (Å²) in [4.78, 5) is 23.3. The van der Waals surface area contributed by atoms with Crippen molar-refractivity contribution in [1.82, 2.24) is 5.32 Å². The lowest BCUT2D eigenvalue weighted by Crippen LogP contribution is -2.41. The lowest BCUT2D eigenvalue weighted by molar-refractivity contribution is -0.139. The summed E-state index contributed by atoms with van der Waals surface area (Å²) < 4.78 is 5.37. The van der Waals surface area contributed by atoms with Gasteiger partial charge in [-0.25, -0.2) is 4.79 Å². The topological polar surface area (TPSA) is 75.6 Å². The molecular weight excluding hydrogens is 258 g/mol. The summed E-state index contributed by atoms with van der Waals surface area (Å²) in [7, 11) is 0. The minimum Gasteiger partial charge on any atom is -0.493 e. The summed E-state index contributed by atoms with van der Waals surface area (Å²) in [5.41, 5.74) is 0.351. The second-order valence-electron chi connectivity index (χ2n) is 4.92. The van der Waals surface area contributed by atoms with Gasteiger partial charge >= 0.3 is 5.97 Å². The second-order valence-corrected chi connectivity index (χ2v) is 4.92. The van der Waals surface area contributed by atoms with Crippen LogP contribution in [-0.2, 0) is 4.79 Å². The normalized spacial score (nSPS) is 12.0. The molecule has 0 aliphatic carbocycles. The maximum absolute atomic E-state index is 12.2. The van der Waals surface area contributed by atoms with E-state index in [4.69, 9.17) is 9.84 Å². The highest BCUT2D eigenvalue weighted by molar-refractivity contribution is 5.98. The second kappa shape index (κ2) is 7.53. The van der Waals surface area contributed by atoms with Crippen molar-refractivity contribution in [2.24, 2.45) is 5.92 Å². The van der Waals surface area contributed by atoms with Gasteiger partial charge in [-0.3, -0.25) is 4.79 Å². The molecule has 1 atom stereocenters. The molecule has 2 N–H and O–H groups in total. The molecular formula is C15H21NO4. The Morgan fingerprint density at radius 3 is 2.50 bits per heavy atom. The van der Waals surface area contributed by atoms with E-state index in [1.54, 1.807) is 24.3 Å². The van der Waals surface area contributed by atoms with Crippen LogP contribution in [0.1, 0.15) is 37.6 Å². The molecule has 1 aromatic rings. The summed E-state index contributed by atoms with van der Waals surface area (Å²) in [5, 5.41) is 11.7. The maximum Gasteiger partial charge on any atom is 0.326 e. The maximum atomic E-state index is 12.2. The van der Waals surface area contributed by atoms with Gasteiger partial charge < -0.3 is 15.2 Å². The first-order valence-electron chi connectivity index (χ1n) is 6.71. The summed E-state index contributed by atoms with van der Waals surface area (Å²) >= 11 is 0. The quantitative estimate of drug-likeness (QED) is 0.803. The van der Waals surface area contributed by atoms with Crippen LogP contribution >= 0.6 is 0 Å². The number of ether oxygens (including phenoxy) is 1. The van der Waals surface area contributed by atoms with E-state index < -0.39 is 17.9 Å². The third kappa shape index (κ3) is 4.57. The molecule has 0 spiro atoms.